The van der Waals surface area contributed by atoms with Gasteiger partial charge >= 0.3 is 0 Å². The van der Waals surface area contributed by atoms with E-state index in [2.05, 4.69) is 10.6 Å². The van der Waals surface area contributed by atoms with E-state index in [0.29, 0.717) is 27.9 Å². The number of halogens is 1. The Hall–Kier alpha value is -4.13. The maximum absolute atomic E-state index is 13.4. The summed E-state index contributed by atoms with van der Waals surface area (Å²) >= 11 is 0. The lowest BCUT2D eigenvalue weighted by atomic mass is 10.1. The van der Waals surface area contributed by atoms with Crippen molar-refractivity contribution in [2.45, 2.75) is 6.92 Å². The zero-order chi connectivity index (χ0) is 22.0. The van der Waals surface area contributed by atoms with Crippen LogP contribution in [0, 0.1) is 12.7 Å². The Kier molecular flexibility index (Phi) is 5.41. The van der Waals surface area contributed by atoms with Crippen molar-refractivity contribution in [3.8, 4) is 5.75 Å². The summed E-state index contributed by atoms with van der Waals surface area (Å²) in [5.74, 6) is -1.14. The molecule has 2 N–H and O–H groups in total. The molecule has 7 heteroatoms. The van der Waals surface area contributed by atoms with E-state index >= 15 is 0 Å². The fraction of sp³-hybridized carbons (Fsp3) is 0.0833. The average molecular weight is 418 g/mol. The number of ether oxygens (including phenoxy) is 1. The van der Waals surface area contributed by atoms with Crippen molar-refractivity contribution < 1.29 is 23.1 Å². The van der Waals surface area contributed by atoms with Gasteiger partial charge in [-0.1, -0.05) is 23.8 Å². The third-order valence-electron chi connectivity index (χ3n) is 4.67. The van der Waals surface area contributed by atoms with Gasteiger partial charge in [-0.3, -0.25) is 9.59 Å². The number of carbonyl (C=O) groups is 2. The number of rotatable bonds is 5. The van der Waals surface area contributed by atoms with E-state index in [0.717, 1.165) is 5.56 Å². The molecule has 0 aliphatic carbocycles. The summed E-state index contributed by atoms with van der Waals surface area (Å²) in [4.78, 5) is 25.2. The zero-order valence-electron chi connectivity index (χ0n) is 16.9. The maximum atomic E-state index is 13.4. The fourth-order valence-corrected chi connectivity index (χ4v) is 3.25. The van der Waals surface area contributed by atoms with Crippen LogP contribution in [0.4, 0.5) is 15.8 Å². The van der Waals surface area contributed by atoms with E-state index < -0.39 is 11.7 Å². The molecule has 1 aromatic heterocycles. The fourth-order valence-electron chi connectivity index (χ4n) is 3.25. The predicted octanol–water partition coefficient (Wildman–Crippen LogP) is 5.39. The largest absolute Gasteiger partial charge is 0.492 e. The molecule has 0 spiro atoms. The Morgan fingerprint density at radius 3 is 2.39 bits per heavy atom. The smallest absolute Gasteiger partial charge is 0.295 e. The minimum atomic E-state index is -0.580. The molecule has 4 rings (SSSR count). The monoisotopic (exact) mass is 418 g/mol. The van der Waals surface area contributed by atoms with Crippen LogP contribution in [0.1, 0.15) is 26.5 Å². The van der Waals surface area contributed by atoms with Crippen molar-refractivity contribution in [3.05, 3.63) is 89.4 Å². The van der Waals surface area contributed by atoms with Crippen molar-refractivity contribution in [3.63, 3.8) is 0 Å². The van der Waals surface area contributed by atoms with Crippen LogP contribution in [0.3, 0.4) is 0 Å². The maximum Gasteiger partial charge on any atom is 0.295 e. The van der Waals surface area contributed by atoms with Crippen LogP contribution in [0.15, 0.2) is 71.1 Å². The van der Waals surface area contributed by atoms with Gasteiger partial charge in [0.05, 0.1) is 12.5 Å². The average Bonchev–Trinajstić information content (AvgIpc) is 3.12. The highest BCUT2D eigenvalue weighted by atomic mass is 19.1. The molecule has 3 aromatic carbocycles. The van der Waals surface area contributed by atoms with Crippen LogP contribution in [-0.2, 0) is 0 Å². The molecule has 0 bridgehead atoms. The molecular weight excluding hydrogens is 399 g/mol. The van der Waals surface area contributed by atoms with Crippen LogP contribution < -0.4 is 15.4 Å². The lowest BCUT2D eigenvalue weighted by molar-refractivity contribution is 0.0992. The second-order valence-electron chi connectivity index (χ2n) is 6.96. The summed E-state index contributed by atoms with van der Waals surface area (Å²) < 4.78 is 24.5. The number of fused-ring (bicyclic) bond motifs is 1. The second kappa shape index (κ2) is 8.31. The molecule has 0 aliphatic rings. The minimum Gasteiger partial charge on any atom is -0.492 e. The molecule has 0 saturated carbocycles. The Morgan fingerprint density at radius 1 is 0.903 bits per heavy atom. The highest BCUT2D eigenvalue weighted by Crippen LogP contribution is 2.35. The number of hydrogen-bond acceptors (Lipinski definition) is 4. The SMILES string of the molecule is COc1c(C(=O)Nc2cccc(F)c2)oc2ccc(NC(=O)c3cccc(C)c3)cc12. The summed E-state index contributed by atoms with van der Waals surface area (Å²) in [5.41, 5.74) is 2.74. The molecule has 31 heavy (non-hydrogen) atoms. The van der Waals surface area contributed by atoms with E-state index in [1.165, 1.54) is 25.3 Å². The van der Waals surface area contributed by atoms with Gasteiger partial charge in [0.15, 0.2) is 5.75 Å². The molecule has 0 unspecified atom stereocenters. The molecule has 0 atom stereocenters. The number of furan rings is 1. The summed E-state index contributed by atoms with van der Waals surface area (Å²) in [7, 11) is 1.42. The molecule has 2 amide bonds. The third kappa shape index (κ3) is 4.25. The Labute approximate surface area is 177 Å². The number of nitrogens with one attached hydrogen (secondary N) is 2. The lowest BCUT2D eigenvalue weighted by Gasteiger charge is -2.06. The normalized spacial score (nSPS) is 10.7. The Morgan fingerprint density at radius 2 is 1.65 bits per heavy atom. The van der Waals surface area contributed by atoms with Gasteiger partial charge in [0, 0.05) is 16.9 Å². The highest BCUT2D eigenvalue weighted by Gasteiger charge is 2.22. The van der Waals surface area contributed by atoms with E-state index in [4.69, 9.17) is 9.15 Å². The van der Waals surface area contributed by atoms with Crippen molar-refractivity contribution in [1.82, 2.24) is 0 Å². The molecule has 0 saturated heterocycles. The first-order valence-electron chi connectivity index (χ1n) is 9.50. The van der Waals surface area contributed by atoms with Gasteiger partial charge < -0.3 is 19.8 Å². The van der Waals surface area contributed by atoms with Crippen LogP contribution in [0.2, 0.25) is 0 Å². The highest BCUT2D eigenvalue weighted by molar-refractivity contribution is 6.09. The summed E-state index contributed by atoms with van der Waals surface area (Å²) in [6, 6.07) is 17.8. The van der Waals surface area contributed by atoms with E-state index in [1.54, 1.807) is 36.4 Å². The number of carbonyl (C=O) groups excluding carboxylic acids is 2. The van der Waals surface area contributed by atoms with Crippen LogP contribution in [0.25, 0.3) is 11.0 Å². The summed E-state index contributed by atoms with van der Waals surface area (Å²) in [6.07, 6.45) is 0. The number of anilines is 2. The first-order valence-corrected chi connectivity index (χ1v) is 9.50. The Bertz CT molecular complexity index is 1300. The van der Waals surface area contributed by atoms with Gasteiger partial charge in [0.1, 0.15) is 11.4 Å². The van der Waals surface area contributed by atoms with Gasteiger partial charge in [-0.2, -0.15) is 0 Å². The standard InChI is InChI=1S/C24H19FN2O4/c1-14-5-3-6-15(11-14)23(28)26-18-9-10-20-19(13-18)21(30-2)22(31-20)24(29)27-17-8-4-7-16(25)12-17/h3-13H,1-2H3,(H,26,28)(H,27,29). The lowest BCUT2D eigenvalue weighted by Crippen LogP contribution is -2.12. The van der Waals surface area contributed by atoms with Crippen molar-refractivity contribution >= 4 is 34.2 Å². The number of benzene rings is 3. The second-order valence-corrected chi connectivity index (χ2v) is 6.96. The van der Waals surface area contributed by atoms with Gasteiger partial charge in [0.2, 0.25) is 5.76 Å². The van der Waals surface area contributed by atoms with Crippen molar-refractivity contribution in [2.24, 2.45) is 0 Å². The molecule has 156 valence electrons. The number of amides is 2. The van der Waals surface area contributed by atoms with Crippen LogP contribution in [0.5, 0.6) is 5.75 Å². The first kappa shape index (κ1) is 20.2. The van der Waals surface area contributed by atoms with E-state index in [-0.39, 0.29) is 17.4 Å². The number of hydrogen-bond donors (Lipinski definition) is 2. The molecule has 0 radical (unpaired) electrons. The molecule has 0 fully saturated rings. The molecule has 1 heterocycles. The number of aryl methyl sites for hydroxylation is 1. The topological polar surface area (TPSA) is 80.6 Å². The Balaban J connectivity index is 1.62. The molecular formula is C24H19FN2O4. The van der Waals surface area contributed by atoms with Crippen LogP contribution >= 0.6 is 0 Å². The van der Waals surface area contributed by atoms with Crippen LogP contribution in [-0.4, -0.2) is 18.9 Å². The molecule has 0 aliphatic heterocycles. The number of methoxy groups -OCH3 is 1. The minimum absolute atomic E-state index is 0.0519. The summed E-state index contributed by atoms with van der Waals surface area (Å²) in [5, 5.41) is 5.94. The van der Waals surface area contributed by atoms with Crippen molar-refractivity contribution in [1.29, 1.82) is 0 Å². The van der Waals surface area contributed by atoms with Gasteiger partial charge in [-0.25, -0.2) is 4.39 Å². The quantitative estimate of drug-likeness (QED) is 0.455. The van der Waals surface area contributed by atoms with Crippen molar-refractivity contribution in [2.75, 3.05) is 17.7 Å². The third-order valence-corrected chi connectivity index (χ3v) is 4.67. The zero-order valence-corrected chi connectivity index (χ0v) is 16.9. The first-order chi connectivity index (χ1) is 14.9. The molecule has 6 nitrogen and oxygen atoms in total. The van der Waals surface area contributed by atoms with E-state index in [9.17, 15) is 14.0 Å². The van der Waals surface area contributed by atoms with Gasteiger partial charge in [-0.15, -0.1) is 0 Å². The molecule has 4 aromatic rings. The summed E-state index contributed by atoms with van der Waals surface area (Å²) in [6.45, 7) is 1.91. The van der Waals surface area contributed by atoms with Gasteiger partial charge in [0.25, 0.3) is 11.8 Å². The van der Waals surface area contributed by atoms with Gasteiger partial charge in [-0.05, 0) is 55.5 Å². The predicted molar refractivity (Wildman–Crippen MR) is 116 cm³/mol. The van der Waals surface area contributed by atoms with E-state index in [1.807, 2.05) is 19.1 Å².